The van der Waals surface area contributed by atoms with E-state index in [4.69, 9.17) is 0 Å². The van der Waals surface area contributed by atoms with Gasteiger partial charge in [-0.2, -0.15) is 0 Å². The lowest BCUT2D eigenvalue weighted by atomic mass is 9.97. The predicted molar refractivity (Wildman–Crippen MR) is 106 cm³/mol. The van der Waals surface area contributed by atoms with Gasteiger partial charge in [-0.1, -0.05) is 23.8 Å². The monoisotopic (exact) mass is 357 g/mol. The first kappa shape index (κ1) is 20.0. The molecule has 0 spiro atoms. The van der Waals surface area contributed by atoms with Crippen molar-refractivity contribution in [2.24, 2.45) is 0 Å². The van der Waals surface area contributed by atoms with E-state index in [9.17, 15) is 9.59 Å². The number of aryl methyl sites for hydroxylation is 1. The molecule has 2 rings (SSSR count). The first-order valence-corrected chi connectivity index (χ1v) is 9.56. The number of carbonyl (C=O) groups excluding carboxylic acids is 2. The molecule has 0 aromatic heterocycles. The van der Waals surface area contributed by atoms with E-state index < -0.39 is 11.8 Å². The Kier molecular flexibility index (Phi) is 8.19. The normalized spacial score (nSPS) is 13.7. The van der Waals surface area contributed by atoms with Crippen LogP contribution in [0, 0.1) is 0 Å². The van der Waals surface area contributed by atoms with Gasteiger partial charge in [0.15, 0.2) is 0 Å². The van der Waals surface area contributed by atoms with E-state index >= 15 is 0 Å². The van der Waals surface area contributed by atoms with Crippen LogP contribution in [0.4, 0.5) is 5.69 Å². The van der Waals surface area contributed by atoms with Crippen molar-refractivity contribution in [2.45, 2.75) is 44.9 Å². The summed E-state index contributed by atoms with van der Waals surface area (Å²) in [6.45, 7) is 1.04. The van der Waals surface area contributed by atoms with E-state index in [0.717, 1.165) is 32.1 Å². The lowest BCUT2D eigenvalue weighted by Crippen LogP contribution is -2.40. The average molecular weight is 357 g/mol. The lowest BCUT2D eigenvalue weighted by molar-refractivity contribution is -0.139. The molecule has 1 aromatic rings. The van der Waals surface area contributed by atoms with Gasteiger partial charge in [-0.3, -0.25) is 9.59 Å². The molecule has 0 bridgehead atoms. The molecule has 0 aliphatic heterocycles. The Morgan fingerprint density at radius 1 is 0.962 bits per heavy atom. The zero-order valence-corrected chi connectivity index (χ0v) is 16.0. The highest BCUT2D eigenvalue weighted by molar-refractivity contribution is 6.35. The van der Waals surface area contributed by atoms with Gasteiger partial charge in [-0.15, -0.1) is 0 Å². The minimum Gasteiger partial charge on any atom is -0.378 e. The number of anilines is 1. The molecule has 5 heteroatoms. The van der Waals surface area contributed by atoms with Gasteiger partial charge in [0.2, 0.25) is 0 Å². The first-order chi connectivity index (χ1) is 12.6. The van der Waals surface area contributed by atoms with Crippen LogP contribution in [0.5, 0.6) is 0 Å². The summed E-state index contributed by atoms with van der Waals surface area (Å²) in [6, 6.07) is 8.37. The maximum Gasteiger partial charge on any atom is 0.309 e. The molecule has 0 saturated carbocycles. The number of nitrogens with zero attached hydrogens (tertiary/aromatic N) is 1. The van der Waals surface area contributed by atoms with Crippen molar-refractivity contribution in [3.8, 4) is 0 Å². The number of allylic oxidation sites excluding steroid dienone is 1. The molecule has 5 nitrogen and oxygen atoms in total. The average Bonchev–Trinajstić information content (AvgIpc) is 2.66. The standard InChI is InChI=1S/C21H31N3O2/c1-24(2)19-12-10-18(11-13-19)9-6-15-22-20(25)21(26)23-16-14-17-7-4-3-5-8-17/h7,10-13H,3-6,8-9,14-16H2,1-2H3,(H,22,25)(H,23,26). The number of amides is 2. The number of hydrogen-bond acceptors (Lipinski definition) is 3. The molecule has 0 saturated heterocycles. The second kappa shape index (κ2) is 10.6. The Morgan fingerprint density at radius 3 is 2.27 bits per heavy atom. The highest BCUT2D eigenvalue weighted by Gasteiger charge is 2.12. The summed E-state index contributed by atoms with van der Waals surface area (Å²) in [7, 11) is 4.03. The van der Waals surface area contributed by atoms with Gasteiger partial charge in [0.25, 0.3) is 0 Å². The third-order valence-electron chi connectivity index (χ3n) is 4.70. The van der Waals surface area contributed by atoms with Crippen molar-refractivity contribution in [3.05, 3.63) is 41.5 Å². The summed E-state index contributed by atoms with van der Waals surface area (Å²) >= 11 is 0. The van der Waals surface area contributed by atoms with E-state index in [-0.39, 0.29) is 0 Å². The van der Waals surface area contributed by atoms with Crippen LogP contribution in [0.3, 0.4) is 0 Å². The van der Waals surface area contributed by atoms with Crippen molar-refractivity contribution in [1.82, 2.24) is 10.6 Å². The van der Waals surface area contributed by atoms with Crippen LogP contribution in [-0.4, -0.2) is 39.0 Å². The van der Waals surface area contributed by atoms with Gasteiger partial charge >= 0.3 is 11.8 Å². The summed E-state index contributed by atoms with van der Waals surface area (Å²) in [5, 5.41) is 5.41. The Labute approximate surface area is 156 Å². The van der Waals surface area contributed by atoms with Crippen molar-refractivity contribution < 1.29 is 9.59 Å². The topological polar surface area (TPSA) is 61.4 Å². The Bertz CT molecular complexity index is 621. The molecule has 2 N–H and O–H groups in total. The van der Waals surface area contributed by atoms with Crippen molar-refractivity contribution in [3.63, 3.8) is 0 Å². The molecule has 0 unspecified atom stereocenters. The zero-order valence-electron chi connectivity index (χ0n) is 16.0. The molecule has 1 aliphatic carbocycles. The fraction of sp³-hybridized carbons (Fsp3) is 0.524. The second-order valence-electron chi connectivity index (χ2n) is 7.03. The van der Waals surface area contributed by atoms with Gasteiger partial charge < -0.3 is 15.5 Å². The Hall–Kier alpha value is -2.30. The van der Waals surface area contributed by atoms with Crippen LogP contribution in [0.25, 0.3) is 0 Å². The van der Waals surface area contributed by atoms with Gasteiger partial charge in [-0.25, -0.2) is 0 Å². The van der Waals surface area contributed by atoms with Crippen LogP contribution in [0.1, 0.15) is 44.1 Å². The Morgan fingerprint density at radius 2 is 1.65 bits per heavy atom. The molecule has 0 atom stereocenters. The molecule has 26 heavy (non-hydrogen) atoms. The first-order valence-electron chi connectivity index (χ1n) is 9.56. The van der Waals surface area contributed by atoms with Crippen LogP contribution >= 0.6 is 0 Å². The molecule has 1 aromatic carbocycles. The number of benzene rings is 1. The van der Waals surface area contributed by atoms with Gasteiger partial charge in [0, 0.05) is 32.9 Å². The van der Waals surface area contributed by atoms with Crippen LogP contribution < -0.4 is 15.5 Å². The largest absolute Gasteiger partial charge is 0.378 e. The zero-order chi connectivity index (χ0) is 18.8. The Balaban J connectivity index is 1.58. The molecule has 0 radical (unpaired) electrons. The number of nitrogens with one attached hydrogen (secondary N) is 2. The number of hydrogen-bond donors (Lipinski definition) is 2. The third kappa shape index (κ3) is 6.90. The molecule has 0 fully saturated rings. The van der Waals surface area contributed by atoms with Gasteiger partial charge in [0.1, 0.15) is 0 Å². The smallest absolute Gasteiger partial charge is 0.309 e. The highest BCUT2D eigenvalue weighted by Crippen LogP contribution is 2.19. The number of carbonyl (C=O) groups is 2. The minimum absolute atomic E-state index is 0.507. The molecule has 142 valence electrons. The predicted octanol–water partition coefficient (Wildman–Crippen LogP) is 2.81. The maximum absolute atomic E-state index is 11.8. The molecule has 2 amide bonds. The summed E-state index contributed by atoms with van der Waals surface area (Å²) < 4.78 is 0. The van der Waals surface area contributed by atoms with Crippen molar-refractivity contribution >= 4 is 17.5 Å². The highest BCUT2D eigenvalue weighted by atomic mass is 16.2. The fourth-order valence-electron chi connectivity index (χ4n) is 3.08. The van der Waals surface area contributed by atoms with E-state index in [0.29, 0.717) is 13.1 Å². The summed E-state index contributed by atoms with van der Waals surface area (Å²) in [6.07, 6.45) is 9.56. The van der Waals surface area contributed by atoms with Gasteiger partial charge in [0.05, 0.1) is 0 Å². The molecule has 0 heterocycles. The lowest BCUT2D eigenvalue weighted by Gasteiger charge is -2.13. The maximum atomic E-state index is 11.8. The number of rotatable bonds is 8. The van der Waals surface area contributed by atoms with E-state index in [1.54, 1.807) is 0 Å². The molecular weight excluding hydrogens is 326 g/mol. The quantitative estimate of drug-likeness (QED) is 0.427. The van der Waals surface area contributed by atoms with E-state index in [2.05, 4.69) is 45.9 Å². The fourth-order valence-corrected chi connectivity index (χ4v) is 3.08. The van der Waals surface area contributed by atoms with Crippen LogP contribution in [-0.2, 0) is 16.0 Å². The molecular formula is C21H31N3O2. The summed E-state index contributed by atoms with van der Waals surface area (Å²) in [5.74, 6) is -1.07. The van der Waals surface area contributed by atoms with Crippen LogP contribution in [0.2, 0.25) is 0 Å². The SMILES string of the molecule is CN(C)c1ccc(CCCNC(=O)C(=O)NCCC2=CCCCC2)cc1. The summed E-state index contributed by atoms with van der Waals surface area (Å²) in [5.41, 5.74) is 3.80. The van der Waals surface area contributed by atoms with Gasteiger partial charge in [-0.05, 0) is 62.6 Å². The third-order valence-corrected chi connectivity index (χ3v) is 4.70. The minimum atomic E-state index is -0.537. The van der Waals surface area contributed by atoms with Crippen molar-refractivity contribution in [1.29, 1.82) is 0 Å². The van der Waals surface area contributed by atoms with E-state index in [1.165, 1.54) is 29.7 Å². The summed E-state index contributed by atoms with van der Waals surface area (Å²) in [4.78, 5) is 25.7. The van der Waals surface area contributed by atoms with Crippen molar-refractivity contribution in [2.75, 3.05) is 32.1 Å². The second-order valence-corrected chi connectivity index (χ2v) is 7.03. The molecule has 1 aliphatic rings. The van der Waals surface area contributed by atoms with Crippen LogP contribution in [0.15, 0.2) is 35.9 Å². The van der Waals surface area contributed by atoms with E-state index in [1.807, 2.05) is 14.1 Å².